The van der Waals surface area contributed by atoms with Crippen molar-refractivity contribution in [3.05, 3.63) is 69.1 Å². The lowest BCUT2D eigenvalue weighted by molar-refractivity contribution is -0.387. The van der Waals surface area contributed by atoms with Crippen LogP contribution in [0.2, 0.25) is 0 Å². The normalized spacial score (nSPS) is 14.9. The summed E-state index contributed by atoms with van der Waals surface area (Å²) in [6.07, 6.45) is 1.38. The molecule has 9 nitrogen and oxygen atoms in total. The minimum absolute atomic E-state index is 0.0718. The quantitative estimate of drug-likeness (QED) is 0.266. The van der Waals surface area contributed by atoms with Gasteiger partial charge in [-0.2, -0.15) is 0 Å². The van der Waals surface area contributed by atoms with E-state index in [1.807, 2.05) is 0 Å². The maximum Gasteiger partial charge on any atom is 0.294 e. The van der Waals surface area contributed by atoms with Crippen LogP contribution in [-0.4, -0.2) is 50.9 Å². The van der Waals surface area contributed by atoms with E-state index in [1.165, 1.54) is 18.2 Å². The molecule has 0 radical (unpaired) electrons. The summed E-state index contributed by atoms with van der Waals surface area (Å²) in [4.78, 5) is 49.1. The molecule has 0 aliphatic carbocycles. The predicted molar refractivity (Wildman–Crippen MR) is 119 cm³/mol. The number of hydrogen-bond acceptors (Lipinski definition) is 8. The van der Waals surface area contributed by atoms with Crippen LogP contribution in [-0.2, 0) is 9.59 Å². The molecule has 1 heterocycles. The van der Waals surface area contributed by atoms with E-state index in [2.05, 4.69) is 5.32 Å². The van der Waals surface area contributed by atoms with Gasteiger partial charge in [-0.25, -0.2) is 0 Å². The van der Waals surface area contributed by atoms with E-state index in [4.69, 9.17) is 5.11 Å². The first kappa shape index (κ1) is 22.5. The lowest BCUT2D eigenvalue weighted by Gasteiger charge is -2.12. The summed E-state index contributed by atoms with van der Waals surface area (Å²) in [6.45, 7) is -0.553. The van der Waals surface area contributed by atoms with E-state index in [9.17, 15) is 24.5 Å². The molecule has 0 aromatic heterocycles. The molecule has 2 aromatic carbocycles. The number of hydrogen-bond donors (Lipinski definition) is 2. The minimum atomic E-state index is -0.639. The average molecular weight is 460 g/mol. The smallest absolute Gasteiger partial charge is 0.294 e. The third kappa shape index (κ3) is 5.72. The number of carbonyl (C=O) groups is 3. The van der Waals surface area contributed by atoms with Crippen LogP contribution < -0.4 is 5.32 Å². The second kappa shape index (κ2) is 10.2. The van der Waals surface area contributed by atoms with E-state index in [0.717, 1.165) is 16.7 Å². The number of anilines is 1. The fourth-order valence-corrected chi connectivity index (χ4v) is 4.29. The monoisotopic (exact) mass is 459 g/mol. The summed E-state index contributed by atoms with van der Waals surface area (Å²) < 4.78 is 0. The van der Waals surface area contributed by atoms with Crippen LogP contribution in [0.25, 0.3) is 6.08 Å². The van der Waals surface area contributed by atoms with Crippen LogP contribution in [0.5, 0.6) is 0 Å². The number of benzene rings is 2. The molecule has 1 aliphatic heterocycles. The molecule has 1 fully saturated rings. The number of nitro groups is 1. The number of imide groups is 1. The van der Waals surface area contributed by atoms with Gasteiger partial charge in [0.15, 0.2) is 0 Å². The van der Waals surface area contributed by atoms with Crippen molar-refractivity contribution in [3.63, 3.8) is 0 Å². The van der Waals surface area contributed by atoms with E-state index in [0.29, 0.717) is 33.7 Å². The Kier molecular flexibility index (Phi) is 7.45. The number of para-hydroxylation sites is 1. The third-order valence-corrected chi connectivity index (χ3v) is 6.01. The fourth-order valence-electron chi connectivity index (χ4n) is 2.70. The number of rotatable bonds is 8. The molecule has 2 aromatic rings. The minimum Gasteiger partial charge on any atom is -0.396 e. The molecule has 3 amide bonds. The van der Waals surface area contributed by atoms with Gasteiger partial charge in [0.25, 0.3) is 16.8 Å². The molecule has 0 atom stereocenters. The van der Waals surface area contributed by atoms with Crippen LogP contribution in [0.1, 0.15) is 5.56 Å². The van der Waals surface area contributed by atoms with Gasteiger partial charge in [0.1, 0.15) is 6.54 Å². The molecule has 3 rings (SSSR count). The van der Waals surface area contributed by atoms with Crippen LogP contribution in [0.4, 0.5) is 16.2 Å². The Morgan fingerprint density at radius 3 is 2.65 bits per heavy atom. The van der Waals surface area contributed by atoms with Gasteiger partial charge in [0.2, 0.25) is 5.91 Å². The summed E-state index contributed by atoms with van der Waals surface area (Å²) in [6, 6.07) is 13.1. The first-order chi connectivity index (χ1) is 14.9. The molecule has 2 N–H and O–H groups in total. The summed E-state index contributed by atoms with van der Waals surface area (Å²) in [5, 5.41) is 22.3. The first-order valence-electron chi connectivity index (χ1n) is 9.01. The largest absolute Gasteiger partial charge is 0.396 e. The molecule has 0 spiro atoms. The predicted octanol–water partition coefficient (Wildman–Crippen LogP) is 3.35. The van der Waals surface area contributed by atoms with E-state index >= 15 is 0 Å². The Bertz CT molecular complexity index is 1060. The molecule has 0 unspecified atom stereocenters. The Morgan fingerprint density at radius 2 is 1.97 bits per heavy atom. The molecule has 160 valence electrons. The summed E-state index contributed by atoms with van der Waals surface area (Å²) in [7, 11) is 0. The molecule has 1 saturated heterocycles. The van der Waals surface area contributed by atoms with Crippen LogP contribution >= 0.6 is 23.5 Å². The summed E-state index contributed by atoms with van der Waals surface area (Å²) in [5.41, 5.74) is 0.759. The maximum absolute atomic E-state index is 12.6. The topological polar surface area (TPSA) is 130 Å². The zero-order chi connectivity index (χ0) is 22.4. The number of nitrogens with one attached hydrogen (secondary N) is 1. The van der Waals surface area contributed by atoms with Crippen molar-refractivity contribution < 1.29 is 24.4 Å². The van der Waals surface area contributed by atoms with Gasteiger partial charge in [0, 0.05) is 17.5 Å². The second-order valence-electron chi connectivity index (χ2n) is 6.24. The average Bonchev–Trinajstić information content (AvgIpc) is 3.00. The number of nitro benzene ring substituents is 1. The standard InChI is InChI=1S/C20H17N3O6S2/c24-8-9-30-16-7-6-13(10-15(16)23(28)29)11-17-19(26)22(20(27)31-17)12-18(25)21-14-4-2-1-3-5-14/h1-7,10-11,24H,8-9,12H2,(H,21,25)/b17-11-. The van der Waals surface area contributed by atoms with Gasteiger partial charge in [-0.3, -0.25) is 29.4 Å². The van der Waals surface area contributed by atoms with Crippen molar-refractivity contribution in [3.8, 4) is 0 Å². The number of aliphatic hydroxyl groups excluding tert-OH is 1. The molecular formula is C20H17N3O6S2. The second-order valence-corrected chi connectivity index (χ2v) is 8.37. The lowest BCUT2D eigenvalue weighted by atomic mass is 10.2. The van der Waals surface area contributed by atoms with Crippen molar-refractivity contribution in [2.45, 2.75) is 4.90 Å². The van der Waals surface area contributed by atoms with Crippen LogP contribution in [0.15, 0.2) is 58.3 Å². The Labute approximate surface area is 185 Å². The molecule has 31 heavy (non-hydrogen) atoms. The highest BCUT2D eigenvalue weighted by Gasteiger charge is 2.36. The van der Waals surface area contributed by atoms with Crippen molar-refractivity contribution in [1.29, 1.82) is 0 Å². The van der Waals surface area contributed by atoms with Gasteiger partial charge in [-0.15, -0.1) is 11.8 Å². The van der Waals surface area contributed by atoms with Gasteiger partial charge in [0.05, 0.1) is 21.3 Å². The van der Waals surface area contributed by atoms with Gasteiger partial charge in [-0.1, -0.05) is 24.3 Å². The number of nitrogens with zero attached hydrogens (tertiary/aromatic N) is 2. The highest BCUT2D eigenvalue weighted by atomic mass is 32.2. The van der Waals surface area contributed by atoms with Crippen molar-refractivity contribution in [1.82, 2.24) is 4.90 Å². The zero-order valence-electron chi connectivity index (χ0n) is 16.0. The van der Waals surface area contributed by atoms with Crippen molar-refractivity contribution in [2.24, 2.45) is 0 Å². The van der Waals surface area contributed by atoms with Crippen molar-refractivity contribution in [2.75, 3.05) is 24.2 Å². The molecule has 1 aliphatic rings. The maximum atomic E-state index is 12.6. The van der Waals surface area contributed by atoms with Gasteiger partial charge in [-0.05, 0) is 41.6 Å². The van der Waals surface area contributed by atoms with Gasteiger partial charge >= 0.3 is 0 Å². The summed E-state index contributed by atoms with van der Waals surface area (Å²) >= 11 is 1.81. The Hall–Kier alpha value is -3.15. The Morgan fingerprint density at radius 1 is 1.23 bits per heavy atom. The van der Waals surface area contributed by atoms with Gasteiger partial charge < -0.3 is 10.4 Å². The molecule has 0 bridgehead atoms. The van der Waals surface area contributed by atoms with E-state index in [1.54, 1.807) is 36.4 Å². The number of amides is 3. The third-order valence-electron chi connectivity index (χ3n) is 4.06. The van der Waals surface area contributed by atoms with E-state index in [-0.39, 0.29) is 17.2 Å². The number of carbonyl (C=O) groups excluding carboxylic acids is 3. The van der Waals surface area contributed by atoms with Crippen LogP contribution in [0.3, 0.4) is 0 Å². The first-order valence-corrected chi connectivity index (χ1v) is 10.8. The number of aliphatic hydroxyl groups is 1. The molecule has 11 heteroatoms. The highest BCUT2D eigenvalue weighted by molar-refractivity contribution is 8.18. The zero-order valence-corrected chi connectivity index (χ0v) is 17.6. The van der Waals surface area contributed by atoms with E-state index < -0.39 is 28.5 Å². The Balaban J connectivity index is 1.74. The molecular weight excluding hydrogens is 442 g/mol. The molecule has 0 saturated carbocycles. The van der Waals surface area contributed by atoms with Crippen molar-refractivity contribution >= 4 is 58.0 Å². The number of thioether (sulfide) groups is 2. The highest BCUT2D eigenvalue weighted by Crippen LogP contribution is 2.34. The lowest BCUT2D eigenvalue weighted by Crippen LogP contribution is -2.36. The summed E-state index contributed by atoms with van der Waals surface area (Å²) in [5.74, 6) is -0.848. The SMILES string of the molecule is O=C(CN1C(=O)S/C(=C\c2ccc(SCCO)c([N+](=O)[O-])c2)C1=O)Nc1ccccc1. The fraction of sp³-hybridized carbons (Fsp3) is 0.150. The van der Waals surface area contributed by atoms with Crippen LogP contribution in [0, 0.1) is 10.1 Å².